The molecule has 0 radical (unpaired) electrons. The summed E-state index contributed by atoms with van der Waals surface area (Å²) >= 11 is 0. The van der Waals surface area contributed by atoms with Gasteiger partial charge in [-0.2, -0.15) is 0 Å². The summed E-state index contributed by atoms with van der Waals surface area (Å²) in [6.07, 6.45) is 4.06. The van der Waals surface area contributed by atoms with E-state index in [0.717, 1.165) is 17.1 Å². The normalized spacial score (nSPS) is 10.5. The number of imidazole rings is 1. The summed E-state index contributed by atoms with van der Waals surface area (Å²) in [6, 6.07) is 7.79. The van der Waals surface area contributed by atoms with Crippen LogP contribution < -0.4 is 5.32 Å². The first-order valence-corrected chi connectivity index (χ1v) is 6.55. The molecule has 1 N–H and O–H groups in total. The van der Waals surface area contributed by atoms with Gasteiger partial charge in [0.25, 0.3) is 0 Å². The van der Waals surface area contributed by atoms with E-state index in [1.807, 2.05) is 42.0 Å². The van der Waals surface area contributed by atoms with Gasteiger partial charge in [0, 0.05) is 25.2 Å². The molecule has 1 heterocycles. The minimum absolute atomic E-state index is 0.0401. The third kappa shape index (κ3) is 3.68. The Morgan fingerprint density at radius 1 is 1.40 bits per heavy atom. The van der Waals surface area contributed by atoms with E-state index in [4.69, 9.17) is 4.74 Å². The van der Waals surface area contributed by atoms with Crippen LogP contribution in [0.25, 0.3) is 0 Å². The number of carbonyl (C=O) groups excluding carboxylic acids is 1. The van der Waals surface area contributed by atoms with Gasteiger partial charge in [0.15, 0.2) is 0 Å². The molecule has 1 aromatic heterocycles. The summed E-state index contributed by atoms with van der Waals surface area (Å²) in [5.41, 5.74) is 1.89. The molecule has 5 nitrogen and oxygen atoms in total. The van der Waals surface area contributed by atoms with Crippen LogP contribution in [-0.2, 0) is 16.1 Å². The minimum atomic E-state index is -0.0401. The lowest BCUT2D eigenvalue weighted by atomic mass is 10.1. The molecule has 0 spiro atoms. The third-order valence-corrected chi connectivity index (χ3v) is 3.09. The summed E-state index contributed by atoms with van der Waals surface area (Å²) in [6.45, 7) is 3.07. The first kappa shape index (κ1) is 14.3. The quantitative estimate of drug-likeness (QED) is 0.878. The molecule has 0 unspecified atom stereocenters. The van der Waals surface area contributed by atoms with E-state index in [1.165, 1.54) is 0 Å². The van der Waals surface area contributed by atoms with E-state index < -0.39 is 0 Å². The fourth-order valence-electron chi connectivity index (χ4n) is 1.94. The number of hydrogen-bond donors (Lipinski definition) is 1. The number of aromatic nitrogens is 2. The molecular formula is C15H19N3O2. The second-order valence-corrected chi connectivity index (χ2v) is 4.55. The van der Waals surface area contributed by atoms with Crippen molar-refractivity contribution in [1.29, 1.82) is 0 Å². The first-order valence-electron chi connectivity index (χ1n) is 6.55. The Kier molecular flexibility index (Phi) is 4.90. The van der Waals surface area contributed by atoms with E-state index in [-0.39, 0.29) is 5.91 Å². The average Bonchev–Trinajstić information content (AvgIpc) is 2.84. The van der Waals surface area contributed by atoms with E-state index in [0.29, 0.717) is 19.6 Å². The van der Waals surface area contributed by atoms with Gasteiger partial charge in [-0.3, -0.25) is 4.79 Å². The SMILES string of the molecule is COCCC(=O)Nc1ccccc1Cn1ccnc1C. The van der Waals surface area contributed by atoms with Crippen LogP contribution in [0.15, 0.2) is 36.7 Å². The van der Waals surface area contributed by atoms with Crippen molar-refractivity contribution in [1.82, 2.24) is 9.55 Å². The van der Waals surface area contributed by atoms with Crippen molar-refractivity contribution in [2.24, 2.45) is 0 Å². The van der Waals surface area contributed by atoms with Crippen LogP contribution in [0.4, 0.5) is 5.69 Å². The summed E-state index contributed by atoms with van der Waals surface area (Å²) in [5, 5.41) is 2.92. The van der Waals surface area contributed by atoms with E-state index in [1.54, 1.807) is 13.3 Å². The van der Waals surface area contributed by atoms with Crippen molar-refractivity contribution in [3.63, 3.8) is 0 Å². The highest BCUT2D eigenvalue weighted by atomic mass is 16.5. The number of carbonyl (C=O) groups is 1. The molecule has 0 aliphatic carbocycles. The number of ether oxygens (including phenoxy) is 1. The zero-order valence-electron chi connectivity index (χ0n) is 11.8. The molecular weight excluding hydrogens is 254 g/mol. The number of nitrogens with zero attached hydrogens (tertiary/aromatic N) is 2. The van der Waals surface area contributed by atoms with Gasteiger partial charge in [0.1, 0.15) is 5.82 Å². The van der Waals surface area contributed by atoms with Crippen molar-refractivity contribution in [3.05, 3.63) is 48.0 Å². The zero-order chi connectivity index (χ0) is 14.4. The Hall–Kier alpha value is -2.14. The largest absolute Gasteiger partial charge is 0.384 e. The molecule has 0 saturated carbocycles. The van der Waals surface area contributed by atoms with Crippen molar-refractivity contribution in [3.8, 4) is 0 Å². The van der Waals surface area contributed by atoms with Crippen molar-refractivity contribution in [2.45, 2.75) is 19.9 Å². The Labute approximate surface area is 118 Å². The fraction of sp³-hybridized carbons (Fsp3) is 0.333. The van der Waals surface area contributed by atoms with Crippen LogP contribution in [0.3, 0.4) is 0 Å². The van der Waals surface area contributed by atoms with E-state index in [2.05, 4.69) is 10.3 Å². The number of benzene rings is 1. The minimum Gasteiger partial charge on any atom is -0.384 e. The molecule has 1 aromatic carbocycles. The molecule has 0 atom stereocenters. The van der Waals surface area contributed by atoms with Crippen LogP contribution in [0.2, 0.25) is 0 Å². The molecule has 5 heteroatoms. The summed E-state index contributed by atoms with van der Waals surface area (Å²) in [7, 11) is 1.59. The number of rotatable bonds is 6. The van der Waals surface area contributed by atoms with Crippen molar-refractivity contribution >= 4 is 11.6 Å². The molecule has 0 fully saturated rings. The first-order chi connectivity index (χ1) is 9.70. The lowest BCUT2D eigenvalue weighted by molar-refractivity contribution is -0.117. The zero-order valence-corrected chi connectivity index (χ0v) is 11.8. The van der Waals surface area contributed by atoms with Crippen LogP contribution in [-0.4, -0.2) is 29.2 Å². The van der Waals surface area contributed by atoms with Gasteiger partial charge in [-0.05, 0) is 18.6 Å². The molecule has 106 valence electrons. The second kappa shape index (κ2) is 6.86. The molecule has 2 rings (SSSR count). The number of nitrogens with one attached hydrogen (secondary N) is 1. The fourth-order valence-corrected chi connectivity index (χ4v) is 1.94. The highest BCUT2D eigenvalue weighted by Crippen LogP contribution is 2.17. The molecule has 0 aliphatic heterocycles. The number of methoxy groups -OCH3 is 1. The Balaban J connectivity index is 2.10. The molecule has 1 amide bonds. The van der Waals surface area contributed by atoms with Crippen LogP contribution in [0.5, 0.6) is 0 Å². The Morgan fingerprint density at radius 3 is 2.90 bits per heavy atom. The number of anilines is 1. The van der Waals surface area contributed by atoms with Crippen LogP contribution in [0.1, 0.15) is 17.8 Å². The van der Waals surface area contributed by atoms with Crippen molar-refractivity contribution in [2.75, 3.05) is 19.0 Å². The second-order valence-electron chi connectivity index (χ2n) is 4.55. The maximum atomic E-state index is 11.8. The average molecular weight is 273 g/mol. The standard InChI is InChI=1S/C15H19N3O2/c1-12-16-8-9-18(12)11-13-5-3-4-6-14(13)17-15(19)7-10-20-2/h3-6,8-9H,7,10-11H2,1-2H3,(H,17,19). The third-order valence-electron chi connectivity index (χ3n) is 3.09. The van der Waals surface area contributed by atoms with E-state index >= 15 is 0 Å². The van der Waals surface area contributed by atoms with Gasteiger partial charge in [0.05, 0.1) is 19.6 Å². The number of aryl methyl sites for hydroxylation is 1. The van der Waals surface area contributed by atoms with Crippen molar-refractivity contribution < 1.29 is 9.53 Å². The highest BCUT2D eigenvalue weighted by molar-refractivity contribution is 5.91. The number of hydrogen-bond acceptors (Lipinski definition) is 3. The molecule has 0 saturated heterocycles. The van der Waals surface area contributed by atoms with Gasteiger partial charge in [-0.25, -0.2) is 4.98 Å². The summed E-state index contributed by atoms with van der Waals surface area (Å²) < 4.78 is 6.95. The Bertz CT molecular complexity index is 578. The van der Waals surface area contributed by atoms with Gasteiger partial charge >= 0.3 is 0 Å². The van der Waals surface area contributed by atoms with Gasteiger partial charge in [0.2, 0.25) is 5.91 Å². The van der Waals surface area contributed by atoms with E-state index in [9.17, 15) is 4.79 Å². The topological polar surface area (TPSA) is 56.1 Å². The summed E-state index contributed by atoms with van der Waals surface area (Å²) in [5.74, 6) is 0.909. The Morgan fingerprint density at radius 2 is 2.20 bits per heavy atom. The molecule has 0 bridgehead atoms. The molecule has 2 aromatic rings. The van der Waals surface area contributed by atoms with Crippen LogP contribution in [0, 0.1) is 6.92 Å². The van der Waals surface area contributed by atoms with Gasteiger partial charge < -0.3 is 14.6 Å². The molecule has 20 heavy (non-hydrogen) atoms. The smallest absolute Gasteiger partial charge is 0.226 e. The lowest BCUT2D eigenvalue weighted by Gasteiger charge is -2.12. The summed E-state index contributed by atoms with van der Waals surface area (Å²) in [4.78, 5) is 16.0. The predicted molar refractivity (Wildman–Crippen MR) is 77.6 cm³/mol. The van der Waals surface area contributed by atoms with Crippen LogP contribution >= 0.6 is 0 Å². The maximum Gasteiger partial charge on any atom is 0.226 e. The van der Waals surface area contributed by atoms with Gasteiger partial charge in [-0.15, -0.1) is 0 Å². The van der Waals surface area contributed by atoms with Gasteiger partial charge in [-0.1, -0.05) is 18.2 Å². The monoisotopic (exact) mass is 273 g/mol. The molecule has 0 aliphatic rings. The number of para-hydroxylation sites is 1. The maximum absolute atomic E-state index is 11.8. The highest BCUT2D eigenvalue weighted by Gasteiger charge is 2.07. The predicted octanol–water partition coefficient (Wildman–Crippen LogP) is 2.21. The lowest BCUT2D eigenvalue weighted by Crippen LogP contribution is -2.15. The number of amides is 1.